The molecule has 8 N–H and O–H groups in total. The third-order valence-corrected chi connectivity index (χ3v) is 22.3. The van der Waals surface area contributed by atoms with E-state index in [1.54, 1.807) is 68.3 Å². The molecule has 0 saturated carbocycles. The van der Waals surface area contributed by atoms with Crippen molar-refractivity contribution < 1.29 is 97.8 Å². The van der Waals surface area contributed by atoms with Crippen LogP contribution in [0.4, 0.5) is 0 Å². The Morgan fingerprint density at radius 3 is 1.17 bits per heavy atom. The van der Waals surface area contributed by atoms with Crippen LogP contribution in [0.15, 0.2) is 71.9 Å². The first-order valence-corrected chi connectivity index (χ1v) is 37.1. The number of aliphatic hydroxyl groups excluding tert-OH is 8. The second-order valence-electron chi connectivity index (χ2n) is 30.3. The molecule has 5 aliphatic rings. The smallest absolute Gasteiger partial charge is 0.331 e. The molecule has 5 heterocycles. The van der Waals surface area contributed by atoms with Gasteiger partial charge in [0.15, 0.2) is 0 Å². The minimum Gasteiger partial charge on any atom is -0.459 e. The summed E-state index contributed by atoms with van der Waals surface area (Å²) in [7, 11) is 6.59. The van der Waals surface area contributed by atoms with Gasteiger partial charge in [0.25, 0.3) is 0 Å². The minimum atomic E-state index is -1.13. The fraction of sp³-hybridized carbons (Fsp3) is 0.821. The molecule has 2 saturated heterocycles. The summed E-state index contributed by atoms with van der Waals surface area (Å²) in [6.07, 6.45) is 14.2. The molecule has 0 aromatic heterocycles. The van der Waals surface area contributed by atoms with E-state index < -0.39 is 133 Å². The van der Waals surface area contributed by atoms with Gasteiger partial charge in [-0.1, -0.05) is 115 Å². The van der Waals surface area contributed by atoms with Crippen LogP contribution in [0.1, 0.15) is 199 Å². The standard InChI is InChI=1S/C78H132O20/c1-45-23-29-57(79)37-59-19-17-21-61(95-59)41-69(91-15)52(8)68(82)44-72(54(10)78(88)56(12)76(86)48(4)28-32-64-40-66(90-14)36-50(6)94-64)98-74(84)34-26-46(2)24-30-58(80)38-60-20-18-22-62(96-60)42-70(92-16)51(7)67(81)43-71(97-73(83)33-25-45)53(9)77(87)55(11)75(85)47(3)27-31-63-39-65(89-13)35-49(5)93-63/h17-20,23-26,33-34,47-72,75-82,85-88H,21-22,27-32,35-44H2,1-16H3/t47-,48?,49-,50-,51+,52-,53-,54-,55-,56-,57?,58?,59+,60-,61-,62-,63?,64?,65-,66+,67-,68-,69-,70-,71+,72+,75-,76-,77-,78-/m0/s1. The zero-order chi connectivity index (χ0) is 72.5. The van der Waals surface area contributed by atoms with E-state index in [-0.39, 0.29) is 99.2 Å². The monoisotopic (exact) mass is 1390 g/mol. The van der Waals surface area contributed by atoms with Crippen molar-refractivity contribution in [2.75, 3.05) is 28.4 Å². The summed E-state index contributed by atoms with van der Waals surface area (Å²) in [4.78, 5) is 27.8. The van der Waals surface area contributed by atoms with Gasteiger partial charge in [-0.3, -0.25) is 0 Å². The Labute approximate surface area is 587 Å². The lowest BCUT2D eigenvalue weighted by atomic mass is 9.79. The quantitative estimate of drug-likeness (QED) is 0.0415. The number of rotatable bonds is 20. The summed E-state index contributed by atoms with van der Waals surface area (Å²) >= 11 is 0. The summed E-state index contributed by atoms with van der Waals surface area (Å²) in [5, 5.41) is 94.5. The molecule has 30 atom stereocenters. The van der Waals surface area contributed by atoms with Crippen LogP contribution in [0.3, 0.4) is 0 Å². The van der Waals surface area contributed by atoms with Gasteiger partial charge in [-0.05, 0) is 117 Å². The van der Waals surface area contributed by atoms with Gasteiger partial charge in [-0.2, -0.15) is 0 Å². The van der Waals surface area contributed by atoms with E-state index in [9.17, 15) is 50.4 Å². The molecule has 4 bridgehead atoms. The third-order valence-electron chi connectivity index (χ3n) is 22.3. The van der Waals surface area contributed by atoms with Gasteiger partial charge < -0.3 is 88.2 Å². The van der Waals surface area contributed by atoms with Gasteiger partial charge in [0.1, 0.15) is 12.2 Å². The molecular formula is C78H132O20. The van der Waals surface area contributed by atoms with Crippen molar-refractivity contribution >= 4 is 11.9 Å². The van der Waals surface area contributed by atoms with E-state index in [1.807, 2.05) is 91.8 Å². The predicted octanol–water partition coefficient (Wildman–Crippen LogP) is 10.1. The molecule has 0 aromatic rings. The highest BCUT2D eigenvalue weighted by molar-refractivity contribution is 5.83. The molecule has 5 aliphatic heterocycles. The van der Waals surface area contributed by atoms with E-state index in [0.29, 0.717) is 49.7 Å². The van der Waals surface area contributed by atoms with Crippen LogP contribution >= 0.6 is 0 Å². The first-order valence-electron chi connectivity index (χ1n) is 37.1. The number of aliphatic hydroxyl groups is 8. The maximum absolute atomic E-state index is 13.9. The second kappa shape index (κ2) is 43.1. The van der Waals surface area contributed by atoms with Crippen LogP contribution in [-0.2, 0) is 57.0 Å². The van der Waals surface area contributed by atoms with Crippen LogP contribution < -0.4 is 0 Å². The van der Waals surface area contributed by atoms with Gasteiger partial charge in [-0.15, -0.1) is 0 Å². The number of ether oxygens (including phenoxy) is 10. The maximum atomic E-state index is 13.9. The highest BCUT2D eigenvalue weighted by Crippen LogP contribution is 2.36. The molecule has 0 aliphatic carbocycles. The van der Waals surface area contributed by atoms with Crippen LogP contribution in [0, 0.1) is 47.3 Å². The molecule has 0 aromatic carbocycles. The van der Waals surface area contributed by atoms with E-state index in [0.717, 1.165) is 38.5 Å². The van der Waals surface area contributed by atoms with Gasteiger partial charge in [-0.25, -0.2) is 9.59 Å². The number of allylic oxidation sites excluding steroid dienone is 4. The zero-order valence-corrected chi connectivity index (χ0v) is 62.3. The molecule has 98 heavy (non-hydrogen) atoms. The molecule has 20 nitrogen and oxygen atoms in total. The molecule has 2 fully saturated rings. The number of fused-ring (bicyclic) bond motifs is 4. The van der Waals surface area contributed by atoms with Crippen molar-refractivity contribution in [1.29, 1.82) is 0 Å². The predicted molar refractivity (Wildman–Crippen MR) is 377 cm³/mol. The largest absolute Gasteiger partial charge is 0.459 e. The van der Waals surface area contributed by atoms with Crippen LogP contribution in [0.5, 0.6) is 0 Å². The van der Waals surface area contributed by atoms with Gasteiger partial charge >= 0.3 is 11.9 Å². The van der Waals surface area contributed by atoms with Crippen molar-refractivity contribution in [3.05, 3.63) is 71.9 Å². The maximum Gasteiger partial charge on any atom is 0.331 e. The van der Waals surface area contributed by atoms with Crippen molar-refractivity contribution in [2.45, 2.75) is 333 Å². The number of carbonyl (C=O) groups excluding carboxylic acids is 2. The summed E-state index contributed by atoms with van der Waals surface area (Å²) in [5.74, 6) is -5.49. The lowest BCUT2D eigenvalue weighted by Gasteiger charge is -2.37. The van der Waals surface area contributed by atoms with E-state index in [2.05, 4.69) is 0 Å². The minimum absolute atomic E-state index is 0.00669. The normalized spacial score (nSPS) is 37.1. The van der Waals surface area contributed by atoms with Gasteiger partial charge in [0.05, 0.1) is 122 Å². The number of methoxy groups -OCH3 is 4. The summed E-state index contributed by atoms with van der Waals surface area (Å²) in [5.41, 5.74) is 1.37. The number of esters is 2. The Hall–Kier alpha value is -3.26. The van der Waals surface area contributed by atoms with E-state index >= 15 is 0 Å². The Balaban J connectivity index is 1.35. The zero-order valence-electron chi connectivity index (χ0n) is 62.3. The highest BCUT2D eigenvalue weighted by atomic mass is 16.6. The van der Waals surface area contributed by atoms with Crippen molar-refractivity contribution in [3.8, 4) is 0 Å². The molecular weight excluding hydrogens is 1260 g/mol. The summed E-state index contributed by atoms with van der Waals surface area (Å²) in [6.45, 7) is 22.5. The first kappa shape index (κ1) is 85.4. The number of hydrogen-bond acceptors (Lipinski definition) is 20. The van der Waals surface area contributed by atoms with Gasteiger partial charge in [0.2, 0.25) is 0 Å². The molecule has 0 amide bonds. The fourth-order valence-electron chi connectivity index (χ4n) is 15.3. The van der Waals surface area contributed by atoms with E-state index in [1.165, 1.54) is 12.2 Å². The van der Waals surface area contributed by atoms with E-state index in [4.69, 9.17) is 47.4 Å². The number of hydrogen-bond donors (Lipinski definition) is 8. The lowest BCUT2D eigenvalue weighted by Crippen LogP contribution is -2.45. The lowest BCUT2D eigenvalue weighted by molar-refractivity contribution is -0.155. The topological polar surface area (TPSA) is 288 Å². The average molecular weight is 1390 g/mol. The van der Waals surface area contributed by atoms with Crippen molar-refractivity contribution in [3.63, 3.8) is 0 Å². The second-order valence-corrected chi connectivity index (χ2v) is 30.3. The molecule has 20 heteroatoms. The Bertz CT molecular complexity index is 2320. The van der Waals surface area contributed by atoms with Crippen LogP contribution in [-0.4, -0.2) is 216 Å². The SMILES string of the molecule is CO[C@@H]1CC(CC[C@H](C)[C@H](O)[C@H](C)[C@@H](O)[C@@H](C)[C@H]2C[C@H](O)[C@@H](C)[C@@H](OC)C[C@@H]3CC=C[C@@H](CC(O)CC=C(C)C=CC(=O)O[C@@H]([C@H](C)[C@H](O)[C@@H](C)[C@@H](O)C(C)CCC4C[C@H](OC)C[C@H](C)O4)C[C@H](O)[C@H](C)[C@@H](OC)C[C@@H]4CC=C[C@H](CC(O)CC=C(C)C=CC(=O)O2)O4)O3)O[C@@H](C)C1. The molecule has 0 spiro atoms. The molecule has 0 radical (unpaired) electrons. The molecule has 5 unspecified atom stereocenters. The van der Waals surface area contributed by atoms with Crippen molar-refractivity contribution in [1.82, 2.24) is 0 Å². The first-order chi connectivity index (χ1) is 46.4. The average Bonchev–Trinajstić information content (AvgIpc) is 0.858. The number of cyclic esters (lactones) is 2. The Morgan fingerprint density at radius 2 is 0.827 bits per heavy atom. The molecule has 564 valence electrons. The fourth-order valence-corrected chi connectivity index (χ4v) is 15.3. The Kier molecular flexibility index (Phi) is 37.6. The van der Waals surface area contributed by atoms with Crippen LogP contribution in [0.2, 0.25) is 0 Å². The summed E-state index contributed by atoms with van der Waals surface area (Å²) in [6, 6.07) is 0. The van der Waals surface area contributed by atoms with Gasteiger partial charge in [0, 0.05) is 115 Å². The summed E-state index contributed by atoms with van der Waals surface area (Å²) < 4.78 is 61.3. The third kappa shape index (κ3) is 28.1. The highest BCUT2D eigenvalue weighted by Gasteiger charge is 2.42. The Morgan fingerprint density at radius 1 is 0.459 bits per heavy atom. The molecule has 5 rings (SSSR count). The van der Waals surface area contributed by atoms with Crippen LogP contribution in [0.25, 0.3) is 0 Å². The number of carbonyl (C=O) groups is 2. The van der Waals surface area contributed by atoms with Crippen molar-refractivity contribution in [2.24, 2.45) is 47.3 Å².